The van der Waals surface area contributed by atoms with Crippen LogP contribution in [0.25, 0.3) is 0 Å². The van der Waals surface area contributed by atoms with E-state index in [1.54, 1.807) is 0 Å². The van der Waals surface area contributed by atoms with Crippen molar-refractivity contribution >= 4 is 11.4 Å². The largest absolute Gasteiger partial charge is 0.411 e. The van der Waals surface area contributed by atoms with Crippen LogP contribution in [0.2, 0.25) is 0 Å². The molecule has 4 heteroatoms. The first-order chi connectivity index (χ1) is 14.3. The molecule has 0 amide bonds. The monoisotopic (exact) mass is 391 g/mol. The minimum Gasteiger partial charge on any atom is -0.411 e. The average Bonchev–Trinajstić information content (AvgIpc) is 3.31. The third kappa shape index (κ3) is 5.39. The van der Waals surface area contributed by atoms with Crippen molar-refractivity contribution in [1.29, 1.82) is 0 Å². The number of benzene rings is 2. The third-order valence-corrected chi connectivity index (χ3v) is 6.54. The highest BCUT2D eigenvalue weighted by Gasteiger charge is 2.20. The summed E-state index contributed by atoms with van der Waals surface area (Å²) in [6, 6.07) is 19.3. The molecule has 0 radical (unpaired) electrons. The topological polar surface area (TPSA) is 39.1 Å². The summed E-state index contributed by atoms with van der Waals surface area (Å²) in [6.45, 7) is 5.69. The van der Waals surface area contributed by atoms with Crippen LogP contribution in [0.15, 0.2) is 59.8 Å². The highest BCUT2D eigenvalue weighted by molar-refractivity contribution is 6.00. The summed E-state index contributed by atoms with van der Waals surface area (Å²) in [5.41, 5.74) is 4.56. The van der Waals surface area contributed by atoms with Gasteiger partial charge in [0.05, 0.1) is 5.71 Å². The molecule has 2 aliphatic heterocycles. The van der Waals surface area contributed by atoms with Crippen molar-refractivity contribution in [1.82, 2.24) is 4.90 Å². The highest BCUT2D eigenvalue weighted by atomic mass is 16.4. The average molecular weight is 392 g/mol. The molecule has 4 rings (SSSR count). The fraction of sp³-hybridized carbons (Fsp3) is 0.480. The van der Waals surface area contributed by atoms with Crippen molar-refractivity contribution in [3.05, 3.63) is 65.7 Å². The second-order valence-corrected chi connectivity index (χ2v) is 8.53. The Balaban J connectivity index is 1.24. The van der Waals surface area contributed by atoms with E-state index in [2.05, 4.69) is 69.6 Å². The van der Waals surface area contributed by atoms with Gasteiger partial charge in [-0.2, -0.15) is 0 Å². The molecule has 29 heavy (non-hydrogen) atoms. The number of piperidine rings is 1. The van der Waals surface area contributed by atoms with E-state index in [4.69, 9.17) is 0 Å². The minimum absolute atomic E-state index is 0.725. The van der Waals surface area contributed by atoms with E-state index in [9.17, 15) is 5.21 Å². The Bertz CT molecular complexity index is 773. The zero-order chi connectivity index (χ0) is 19.9. The van der Waals surface area contributed by atoms with Crippen molar-refractivity contribution in [3.8, 4) is 0 Å². The molecule has 4 nitrogen and oxygen atoms in total. The van der Waals surface area contributed by atoms with Gasteiger partial charge in [-0.25, -0.2) is 0 Å². The predicted molar refractivity (Wildman–Crippen MR) is 120 cm³/mol. The Hall–Kier alpha value is -2.33. The van der Waals surface area contributed by atoms with E-state index < -0.39 is 0 Å². The number of oxime groups is 1. The Morgan fingerprint density at radius 3 is 2.24 bits per heavy atom. The highest BCUT2D eigenvalue weighted by Crippen LogP contribution is 2.25. The molecule has 0 saturated carbocycles. The van der Waals surface area contributed by atoms with Gasteiger partial charge in [0.1, 0.15) is 0 Å². The van der Waals surface area contributed by atoms with E-state index in [1.807, 2.05) is 0 Å². The molecule has 1 N–H and O–H groups in total. The molecule has 2 aromatic rings. The van der Waals surface area contributed by atoms with Crippen LogP contribution in [-0.2, 0) is 6.54 Å². The van der Waals surface area contributed by atoms with Crippen molar-refractivity contribution in [2.24, 2.45) is 11.1 Å². The smallest absolute Gasteiger partial charge is 0.0867 e. The lowest BCUT2D eigenvalue weighted by atomic mass is 9.90. The van der Waals surface area contributed by atoms with Crippen molar-refractivity contribution in [3.63, 3.8) is 0 Å². The van der Waals surface area contributed by atoms with E-state index in [0.29, 0.717) is 0 Å². The molecule has 0 aliphatic carbocycles. The Labute approximate surface area is 174 Å². The van der Waals surface area contributed by atoms with Gasteiger partial charge in [0.15, 0.2) is 0 Å². The lowest BCUT2D eigenvalue weighted by Gasteiger charge is -2.32. The second kappa shape index (κ2) is 9.93. The molecule has 0 aromatic heterocycles. The summed E-state index contributed by atoms with van der Waals surface area (Å²) < 4.78 is 0. The summed E-state index contributed by atoms with van der Waals surface area (Å²) in [6.07, 6.45) is 7.00. The fourth-order valence-electron chi connectivity index (χ4n) is 4.71. The molecule has 0 unspecified atom stereocenters. The first-order valence-corrected chi connectivity index (χ1v) is 11.1. The molecule has 2 saturated heterocycles. The van der Waals surface area contributed by atoms with E-state index in [0.717, 1.165) is 62.8 Å². The number of hydrogen-bond acceptors (Lipinski definition) is 4. The van der Waals surface area contributed by atoms with E-state index >= 15 is 0 Å². The van der Waals surface area contributed by atoms with Crippen LogP contribution < -0.4 is 4.90 Å². The molecule has 2 heterocycles. The summed E-state index contributed by atoms with van der Waals surface area (Å²) in [7, 11) is 0. The maximum absolute atomic E-state index is 9.57. The Morgan fingerprint density at radius 2 is 1.59 bits per heavy atom. The van der Waals surface area contributed by atoms with Gasteiger partial charge < -0.3 is 10.1 Å². The normalized spacial score (nSPS) is 19.0. The van der Waals surface area contributed by atoms with Crippen LogP contribution in [0.5, 0.6) is 0 Å². The number of anilines is 1. The third-order valence-electron chi connectivity index (χ3n) is 6.54. The minimum atomic E-state index is 0.725. The molecule has 0 spiro atoms. The van der Waals surface area contributed by atoms with Gasteiger partial charge in [-0.15, -0.1) is 0 Å². The van der Waals surface area contributed by atoms with Crippen LogP contribution in [0, 0.1) is 5.92 Å². The van der Waals surface area contributed by atoms with Gasteiger partial charge in [-0.05, 0) is 80.8 Å². The van der Waals surface area contributed by atoms with Gasteiger partial charge in [0.25, 0.3) is 0 Å². The predicted octanol–water partition coefficient (Wildman–Crippen LogP) is 5.16. The number of hydrogen-bond donors (Lipinski definition) is 1. The van der Waals surface area contributed by atoms with Crippen LogP contribution in [0.1, 0.15) is 49.7 Å². The van der Waals surface area contributed by atoms with Crippen molar-refractivity contribution in [2.75, 3.05) is 31.1 Å². The molecule has 2 aliphatic rings. The van der Waals surface area contributed by atoms with Crippen molar-refractivity contribution in [2.45, 2.75) is 45.1 Å². The van der Waals surface area contributed by atoms with Gasteiger partial charge in [-0.1, -0.05) is 47.6 Å². The first-order valence-electron chi connectivity index (χ1n) is 11.1. The fourth-order valence-corrected chi connectivity index (χ4v) is 4.71. The van der Waals surface area contributed by atoms with Crippen LogP contribution in [-0.4, -0.2) is 42.0 Å². The molecule has 154 valence electrons. The van der Waals surface area contributed by atoms with Gasteiger partial charge >= 0.3 is 0 Å². The zero-order valence-electron chi connectivity index (χ0n) is 17.3. The van der Waals surface area contributed by atoms with Crippen molar-refractivity contribution < 1.29 is 5.21 Å². The quantitative estimate of drug-likeness (QED) is 0.403. The number of rotatable bonds is 7. The summed E-state index contributed by atoms with van der Waals surface area (Å²) >= 11 is 0. The van der Waals surface area contributed by atoms with Gasteiger partial charge in [0.2, 0.25) is 0 Å². The maximum Gasteiger partial charge on any atom is 0.0867 e. The summed E-state index contributed by atoms with van der Waals surface area (Å²) in [4.78, 5) is 4.99. The van der Waals surface area contributed by atoms with Crippen LogP contribution >= 0.6 is 0 Å². The number of likely N-dealkylation sites (tertiary alicyclic amines) is 1. The molecule has 0 bridgehead atoms. The van der Waals surface area contributed by atoms with Crippen LogP contribution in [0.3, 0.4) is 0 Å². The molecular weight excluding hydrogens is 358 g/mol. The lowest BCUT2D eigenvalue weighted by Crippen LogP contribution is -2.33. The van der Waals surface area contributed by atoms with Crippen LogP contribution in [0.4, 0.5) is 5.69 Å². The summed E-state index contributed by atoms with van der Waals surface area (Å²) in [5, 5.41) is 13.2. The zero-order valence-corrected chi connectivity index (χ0v) is 17.3. The standard InChI is InChI=1S/C25H33N3O/c29-26-25(23-9-11-24(12-10-23)28-16-4-5-17-28)13-8-21-14-18-27(19-15-21)20-22-6-2-1-3-7-22/h1-3,6-7,9-12,21,29H,4-5,8,13-20H2/b26-25-. The Morgan fingerprint density at radius 1 is 0.897 bits per heavy atom. The molecule has 2 fully saturated rings. The van der Waals surface area contributed by atoms with Gasteiger partial charge in [-0.3, -0.25) is 4.90 Å². The van der Waals surface area contributed by atoms with Gasteiger partial charge in [0, 0.05) is 25.3 Å². The van der Waals surface area contributed by atoms with E-state index in [1.165, 1.54) is 36.9 Å². The van der Waals surface area contributed by atoms with E-state index in [-0.39, 0.29) is 0 Å². The first kappa shape index (κ1) is 20.0. The maximum atomic E-state index is 9.57. The summed E-state index contributed by atoms with van der Waals surface area (Å²) in [5.74, 6) is 0.725. The molecule has 0 atom stereocenters. The SMILES string of the molecule is O/N=C(/CCC1CCN(Cc2ccccc2)CC1)c1ccc(N2CCCC2)cc1. The second-order valence-electron chi connectivity index (χ2n) is 8.53. The molecular formula is C25H33N3O. The Kier molecular flexibility index (Phi) is 6.83. The number of nitrogens with zero attached hydrogens (tertiary/aromatic N) is 3. The lowest BCUT2D eigenvalue weighted by molar-refractivity contribution is 0.173. The molecule has 2 aromatic carbocycles.